The molecule has 2 atom stereocenters. The lowest BCUT2D eigenvalue weighted by molar-refractivity contribution is -0.147. The van der Waals surface area contributed by atoms with E-state index in [0.29, 0.717) is 12.8 Å². The van der Waals surface area contributed by atoms with Crippen LogP contribution in [-0.2, 0) is 25.7 Å². The summed E-state index contributed by atoms with van der Waals surface area (Å²) in [6.07, 6.45) is 0.580. The number of nitrogens with two attached hydrogens (primary N) is 1. The summed E-state index contributed by atoms with van der Waals surface area (Å²) in [6.45, 7) is 4.55. The molecule has 0 spiro atoms. The highest BCUT2D eigenvalue weighted by molar-refractivity contribution is 6.22. The Morgan fingerprint density at radius 2 is 1.57 bits per heavy atom. The van der Waals surface area contributed by atoms with Gasteiger partial charge in [-0.25, -0.2) is 14.0 Å². The molecule has 0 saturated carbocycles. The number of amidine groups is 1. The minimum absolute atomic E-state index is 0.0105. The molecule has 46 heavy (non-hydrogen) atoms. The molecule has 0 radical (unpaired) electrons. The number of imide groups is 1. The molecule has 13 heteroatoms. The topological polar surface area (TPSA) is 169 Å². The molecule has 3 rings (SSSR count). The molecule has 0 fully saturated rings. The number of hydrogen-bond acceptors (Lipinski definition) is 8. The number of hydrogen-bond donors (Lipinski definition) is 3. The van der Waals surface area contributed by atoms with E-state index in [1.165, 1.54) is 12.1 Å². The average Bonchev–Trinajstić information content (AvgIpc) is 3.27. The fourth-order valence-electron chi connectivity index (χ4n) is 4.75. The standard InChI is InChI=1S/C33H42FN5O7/c1-33(2,3)46-32(44)38-25(31(43)45-21-22-12-5-4-6-13-22)16-11-19-37-28(40)26(17-9-10-18-36-27(35)20-34)39-29(41)23-14-7-8-15-24(23)30(39)42/h4-8,12-15,25-26H,9-11,16-21H2,1-3H3,(H2,35,36)(H,37,40)(H,38,44). The van der Waals surface area contributed by atoms with Crippen molar-refractivity contribution in [1.29, 1.82) is 0 Å². The van der Waals surface area contributed by atoms with Gasteiger partial charge in [-0.15, -0.1) is 0 Å². The first-order valence-electron chi connectivity index (χ1n) is 15.2. The quantitative estimate of drug-likeness (QED) is 0.0821. The fourth-order valence-corrected chi connectivity index (χ4v) is 4.75. The summed E-state index contributed by atoms with van der Waals surface area (Å²) in [5.74, 6) is -2.48. The maximum absolute atomic E-state index is 13.4. The summed E-state index contributed by atoms with van der Waals surface area (Å²) in [4.78, 5) is 70.0. The number of unbranched alkanes of at least 4 members (excludes halogenated alkanes) is 1. The Balaban J connectivity index is 1.64. The van der Waals surface area contributed by atoms with Gasteiger partial charge in [0.2, 0.25) is 5.91 Å². The molecular formula is C33H42FN5O7. The Morgan fingerprint density at radius 1 is 0.935 bits per heavy atom. The number of nitrogens with one attached hydrogen (secondary N) is 2. The Hall–Kier alpha value is -4.81. The van der Waals surface area contributed by atoms with Crippen molar-refractivity contribution in [2.75, 3.05) is 19.8 Å². The lowest BCUT2D eigenvalue weighted by atomic mass is 10.1. The second-order valence-corrected chi connectivity index (χ2v) is 11.8. The van der Waals surface area contributed by atoms with Crippen LogP contribution in [-0.4, -0.2) is 78.0 Å². The van der Waals surface area contributed by atoms with E-state index in [9.17, 15) is 28.4 Å². The van der Waals surface area contributed by atoms with E-state index in [0.717, 1.165) is 10.5 Å². The van der Waals surface area contributed by atoms with Gasteiger partial charge in [-0.2, -0.15) is 0 Å². The zero-order chi connectivity index (χ0) is 33.7. The first-order valence-corrected chi connectivity index (χ1v) is 15.2. The lowest BCUT2D eigenvalue weighted by Crippen LogP contribution is -2.50. The van der Waals surface area contributed by atoms with E-state index in [-0.39, 0.29) is 55.9 Å². The molecule has 0 aromatic heterocycles. The molecule has 0 bridgehead atoms. The van der Waals surface area contributed by atoms with Crippen LogP contribution in [0.25, 0.3) is 0 Å². The smallest absolute Gasteiger partial charge is 0.408 e. The number of rotatable bonds is 16. The second kappa shape index (κ2) is 17.0. The van der Waals surface area contributed by atoms with Crippen LogP contribution in [0.15, 0.2) is 59.6 Å². The SMILES string of the molecule is CC(C)(C)OC(=O)NC(CCCNC(=O)C(CCCCN=C(N)CF)N1C(=O)c2ccccc2C1=O)C(=O)OCc1ccccc1. The van der Waals surface area contributed by atoms with Crippen LogP contribution in [0, 0.1) is 0 Å². The van der Waals surface area contributed by atoms with Gasteiger partial charge in [-0.1, -0.05) is 42.5 Å². The molecule has 0 saturated heterocycles. The molecule has 248 valence electrons. The number of carbonyl (C=O) groups excluding carboxylic acids is 5. The minimum atomic E-state index is -1.11. The Bertz CT molecular complexity index is 1380. The van der Waals surface area contributed by atoms with Crippen molar-refractivity contribution in [2.24, 2.45) is 10.7 Å². The fraction of sp³-hybridized carbons (Fsp3) is 0.455. The second-order valence-electron chi connectivity index (χ2n) is 11.8. The van der Waals surface area contributed by atoms with E-state index >= 15 is 0 Å². The number of carbonyl (C=O) groups is 5. The molecule has 1 heterocycles. The third-order valence-electron chi connectivity index (χ3n) is 6.95. The van der Waals surface area contributed by atoms with Gasteiger partial charge in [0, 0.05) is 13.1 Å². The van der Waals surface area contributed by atoms with Gasteiger partial charge < -0.3 is 25.8 Å². The van der Waals surface area contributed by atoms with E-state index in [1.54, 1.807) is 45.0 Å². The summed E-state index contributed by atoms with van der Waals surface area (Å²) in [6, 6.07) is 13.3. The van der Waals surface area contributed by atoms with Crippen LogP contribution in [0.1, 0.15) is 79.2 Å². The number of benzene rings is 2. The number of alkyl carbamates (subject to hydrolysis) is 1. The van der Waals surface area contributed by atoms with Crippen LogP contribution < -0.4 is 16.4 Å². The van der Waals surface area contributed by atoms with Crippen LogP contribution in [0.4, 0.5) is 9.18 Å². The molecule has 4 amide bonds. The summed E-state index contributed by atoms with van der Waals surface area (Å²) < 4.78 is 23.3. The van der Waals surface area contributed by atoms with Gasteiger partial charge >= 0.3 is 12.1 Å². The summed E-state index contributed by atoms with van der Waals surface area (Å²) in [5.41, 5.74) is 5.83. The minimum Gasteiger partial charge on any atom is -0.459 e. The van der Waals surface area contributed by atoms with Gasteiger partial charge in [-0.05, 0) is 70.6 Å². The number of alkyl halides is 1. The lowest BCUT2D eigenvalue weighted by Gasteiger charge is -2.26. The van der Waals surface area contributed by atoms with Crippen molar-refractivity contribution in [3.05, 3.63) is 71.3 Å². The summed E-state index contributed by atoms with van der Waals surface area (Å²) in [7, 11) is 0. The molecule has 2 unspecified atom stereocenters. The van der Waals surface area contributed by atoms with E-state index in [1.807, 2.05) is 18.2 Å². The van der Waals surface area contributed by atoms with Crippen molar-refractivity contribution >= 4 is 35.6 Å². The Kier molecular flexibility index (Phi) is 13.2. The maximum atomic E-state index is 13.4. The third kappa shape index (κ3) is 10.7. The molecule has 0 aliphatic carbocycles. The van der Waals surface area contributed by atoms with E-state index in [4.69, 9.17) is 15.2 Å². The van der Waals surface area contributed by atoms with Gasteiger partial charge in [0.25, 0.3) is 11.8 Å². The number of aliphatic imine (C=N–C) groups is 1. The highest BCUT2D eigenvalue weighted by Gasteiger charge is 2.42. The van der Waals surface area contributed by atoms with Crippen LogP contribution >= 0.6 is 0 Å². The number of ether oxygens (including phenoxy) is 2. The van der Waals surface area contributed by atoms with Crippen molar-refractivity contribution in [3.8, 4) is 0 Å². The maximum Gasteiger partial charge on any atom is 0.408 e. The number of halogens is 1. The van der Waals surface area contributed by atoms with Crippen molar-refractivity contribution in [2.45, 2.75) is 77.2 Å². The number of amides is 4. The highest BCUT2D eigenvalue weighted by atomic mass is 19.1. The summed E-state index contributed by atoms with van der Waals surface area (Å²) >= 11 is 0. The predicted octanol–water partition coefficient (Wildman–Crippen LogP) is 3.68. The molecule has 4 N–H and O–H groups in total. The monoisotopic (exact) mass is 639 g/mol. The van der Waals surface area contributed by atoms with Gasteiger partial charge in [-0.3, -0.25) is 24.3 Å². The Morgan fingerprint density at radius 3 is 2.17 bits per heavy atom. The van der Waals surface area contributed by atoms with Crippen molar-refractivity contribution in [1.82, 2.24) is 15.5 Å². The largest absolute Gasteiger partial charge is 0.459 e. The molecule has 2 aromatic carbocycles. The van der Waals surface area contributed by atoms with Gasteiger partial charge in [0.05, 0.1) is 11.1 Å². The molecule has 2 aromatic rings. The number of nitrogens with zero attached hydrogens (tertiary/aromatic N) is 2. The third-order valence-corrected chi connectivity index (χ3v) is 6.95. The first kappa shape index (κ1) is 35.7. The first-order chi connectivity index (χ1) is 21.9. The number of esters is 1. The molecule has 1 aliphatic rings. The van der Waals surface area contributed by atoms with Crippen LogP contribution in [0.3, 0.4) is 0 Å². The Labute approximate surface area is 267 Å². The number of fused-ring (bicyclic) bond motifs is 1. The highest BCUT2D eigenvalue weighted by Crippen LogP contribution is 2.26. The van der Waals surface area contributed by atoms with Gasteiger partial charge in [0.1, 0.15) is 36.8 Å². The van der Waals surface area contributed by atoms with Crippen LogP contribution in [0.5, 0.6) is 0 Å². The normalized spacial score (nSPS) is 14.3. The van der Waals surface area contributed by atoms with Crippen molar-refractivity contribution < 1.29 is 37.8 Å². The van der Waals surface area contributed by atoms with Crippen molar-refractivity contribution in [3.63, 3.8) is 0 Å². The van der Waals surface area contributed by atoms with E-state index in [2.05, 4.69) is 15.6 Å². The van der Waals surface area contributed by atoms with Crippen LogP contribution in [0.2, 0.25) is 0 Å². The summed E-state index contributed by atoms with van der Waals surface area (Å²) in [5, 5.41) is 5.31. The zero-order valence-corrected chi connectivity index (χ0v) is 26.4. The molecule has 12 nitrogen and oxygen atoms in total. The van der Waals surface area contributed by atoms with Gasteiger partial charge in [0.15, 0.2) is 0 Å². The predicted molar refractivity (Wildman–Crippen MR) is 169 cm³/mol. The molecule has 1 aliphatic heterocycles. The average molecular weight is 640 g/mol. The van der Waals surface area contributed by atoms with E-state index < -0.39 is 54.1 Å². The zero-order valence-electron chi connectivity index (χ0n) is 26.4. The molecular weight excluding hydrogens is 597 g/mol.